The van der Waals surface area contributed by atoms with Crippen molar-refractivity contribution in [1.29, 1.82) is 0 Å². The minimum absolute atomic E-state index is 0. The van der Waals surface area contributed by atoms with Gasteiger partial charge in [-0.05, 0) is 30.0 Å². The van der Waals surface area contributed by atoms with E-state index in [1.54, 1.807) is 24.3 Å². The summed E-state index contributed by atoms with van der Waals surface area (Å²) in [5, 5.41) is 39.3. The van der Waals surface area contributed by atoms with Crippen molar-refractivity contribution in [2.45, 2.75) is 20.0 Å². The van der Waals surface area contributed by atoms with Crippen molar-refractivity contribution in [2.24, 2.45) is 0 Å². The Morgan fingerprint density at radius 2 is 1.03 bits per heavy atom. The molecule has 0 aliphatic heterocycles. The molecule has 0 amide bonds. The zero-order valence-electron chi connectivity index (χ0n) is 16.9. The Hall–Kier alpha value is -2.12. The van der Waals surface area contributed by atoms with Crippen molar-refractivity contribution in [3.63, 3.8) is 0 Å². The van der Waals surface area contributed by atoms with Gasteiger partial charge in [-0.3, -0.25) is 4.48 Å². The zero-order valence-corrected chi connectivity index (χ0v) is 17.7. The number of benzene rings is 3. The van der Waals surface area contributed by atoms with E-state index in [0.717, 1.165) is 23.4 Å². The fourth-order valence-corrected chi connectivity index (χ4v) is 3.90. The first-order valence-corrected chi connectivity index (χ1v) is 9.76. The molecule has 0 aliphatic rings. The van der Waals surface area contributed by atoms with E-state index in [2.05, 4.69) is 19.1 Å². The summed E-state index contributed by atoms with van der Waals surface area (Å²) in [5.74, 6) is 0. The normalized spacial score (nSPS) is 11.0. The highest BCUT2D eigenvalue weighted by Gasteiger charge is 2.33. The van der Waals surface area contributed by atoms with E-state index < -0.39 is 14.2 Å². The zero-order chi connectivity index (χ0) is 20.9. The van der Waals surface area contributed by atoms with Crippen molar-refractivity contribution < 1.29 is 32.5 Å². The fourth-order valence-electron chi connectivity index (χ4n) is 3.90. The molecule has 156 valence electrons. The lowest BCUT2D eigenvalue weighted by molar-refractivity contribution is -0.0000112. The SMILES string of the molecule is CC[N+](Cc1ccccc1B(O)O)(Cc1ccccc1B(O)O)c1ccccc1.[Cl-]. The van der Waals surface area contributed by atoms with E-state index in [1.165, 1.54) is 0 Å². The summed E-state index contributed by atoms with van der Waals surface area (Å²) in [4.78, 5) is 0. The first-order chi connectivity index (χ1) is 14.0. The van der Waals surface area contributed by atoms with Crippen molar-refractivity contribution in [1.82, 2.24) is 4.48 Å². The van der Waals surface area contributed by atoms with Gasteiger partial charge in [-0.1, -0.05) is 66.7 Å². The van der Waals surface area contributed by atoms with Crippen molar-refractivity contribution in [3.05, 3.63) is 90.0 Å². The van der Waals surface area contributed by atoms with Gasteiger partial charge in [-0.2, -0.15) is 0 Å². The highest BCUT2D eigenvalue weighted by Crippen LogP contribution is 2.28. The van der Waals surface area contributed by atoms with Crippen LogP contribution in [0, 0.1) is 0 Å². The standard InChI is InChI=1S/C22H26B2NO4.ClH/c1-2-25(20-12-4-3-5-13-20,16-18-10-6-8-14-21(18)23(26)27)17-19-11-7-9-15-22(19)24(28)29;/h3-15,26-29H,2,16-17H2,1H3;1H/q+1;/p-1. The number of halogens is 1. The van der Waals surface area contributed by atoms with Gasteiger partial charge in [0.25, 0.3) is 0 Å². The van der Waals surface area contributed by atoms with Crippen LogP contribution in [-0.2, 0) is 13.1 Å². The van der Waals surface area contributed by atoms with Crippen LogP contribution in [0.4, 0.5) is 5.69 Å². The van der Waals surface area contributed by atoms with Gasteiger partial charge in [-0.25, -0.2) is 0 Å². The number of nitrogens with zero attached hydrogens (tertiary/aromatic N) is 1. The van der Waals surface area contributed by atoms with E-state index in [9.17, 15) is 20.1 Å². The van der Waals surface area contributed by atoms with E-state index in [-0.39, 0.29) is 12.4 Å². The number of quaternary nitrogens is 1. The molecule has 0 atom stereocenters. The maximum Gasteiger partial charge on any atom is 0.488 e. The largest absolute Gasteiger partial charge is 1.00 e. The molecule has 3 rings (SSSR count). The van der Waals surface area contributed by atoms with Crippen LogP contribution in [0.3, 0.4) is 0 Å². The van der Waals surface area contributed by atoms with Gasteiger partial charge in [0, 0.05) is 11.1 Å². The molecule has 0 fully saturated rings. The summed E-state index contributed by atoms with van der Waals surface area (Å²) in [5.41, 5.74) is 3.72. The lowest BCUT2D eigenvalue weighted by Crippen LogP contribution is -3.00. The summed E-state index contributed by atoms with van der Waals surface area (Å²) in [6.45, 7) is 3.88. The van der Waals surface area contributed by atoms with Gasteiger partial charge in [0.1, 0.15) is 18.8 Å². The lowest BCUT2D eigenvalue weighted by atomic mass is 9.76. The fraction of sp³-hybridized carbons (Fsp3) is 0.182. The van der Waals surface area contributed by atoms with E-state index in [0.29, 0.717) is 28.5 Å². The van der Waals surface area contributed by atoms with Crippen LogP contribution in [0.2, 0.25) is 0 Å². The number of para-hydroxylation sites is 1. The lowest BCUT2D eigenvalue weighted by Gasteiger charge is -2.38. The monoisotopic (exact) mass is 425 g/mol. The number of hydrogen-bond acceptors (Lipinski definition) is 4. The van der Waals surface area contributed by atoms with Gasteiger partial charge in [0.05, 0.1) is 6.54 Å². The Bertz CT molecular complexity index is 888. The molecular weight excluding hydrogens is 399 g/mol. The van der Waals surface area contributed by atoms with Gasteiger partial charge in [0.2, 0.25) is 0 Å². The van der Waals surface area contributed by atoms with Crippen LogP contribution in [0.1, 0.15) is 18.1 Å². The summed E-state index contributed by atoms with van der Waals surface area (Å²) in [6, 6.07) is 24.7. The molecule has 0 saturated heterocycles. The molecule has 3 aromatic rings. The summed E-state index contributed by atoms with van der Waals surface area (Å²) < 4.78 is 0.494. The third-order valence-electron chi connectivity index (χ3n) is 5.52. The summed E-state index contributed by atoms with van der Waals surface area (Å²) in [7, 11) is -3.10. The first-order valence-electron chi connectivity index (χ1n) is 9.76. The second kappa shape index (κ2) is 10.8. The van der Waals surface area contributed by atoms with Crippen LogP contribution >= 0.6 is 0 Å². The van der Waals surface area contributed by atoms with Gasteiger partial charge < -0.3 is 32.5 Å². The third-order valence-corrected chi connectivity index (χ3v) is 5.52. The topological polar surface area (TPSA) is 80.9 Å². The maximum absolute atomic E-state index is 9.83. The van der Waals surface area contributed by atoms with Gasteiger partial charge in [0.15, 0.2) is 0 Å². The van der Waals surface area contributed by atoms with Crippen LogP contribution in [-0.4, -0.2) is 40.9 Å². The third kappa shape index (κ3) is 5.32. The summed E-state index contributed by atoms with van der Waals surface area (Å²) >= 11 is 0. The predicted molar refractivity (Wildman–Crippen MR) is 119 cm³/mol. The Morgan fingerprint density at radius 3 is 1.43 bits per heavy atom. The Kier molecular flexibility index (Phi) is 8.67. The van der Waals surface area contributed by atoms with Crippen LogP contribution < -0.4 is 27.8 Å². The second-order valence-corrected chi connectivity index (χ2v) is 7.26. The quantitative estimate of drug-likeness (QED) is 0.244. The highest BCUT2D eigenvalue weighted by molar-refractivity contribution is 6.59. The predicted octanol–water partition coefficient (Wildman–Crippen LogP) is -2.22. The minimum atomic E-state index is -1.55. The van der Waals surface area contributed by atoms with Gasteiger partial charge in [-0.15, -0.1) is 0 Å². The highest BCUT2D eigenvalue weighted by atomic mass is 35.5. The Labute approximate surface area is 184 Å². The average Bonchev–Trinajstić information content (AvgIpc) is 2.74. The molecule has 0 saturated carbocycles. The molecule has 0 bridgehead atoms. The van der Waals surface area contributed by atoms with Crippen LogP contribution in [0.15, 0.2) is 78.9 Å². The molecular formula is C22H26B2ClNO4. The molecule has 4 N–H and O–H groups in total. The number of hydrogen-bond donors (Lipinski definition) is 4. The molecule has 0 aliphatic carbocycles. The molecule has 0 spiro atoms. The number of rotatable bonds is 8. The summed E-state index contributed by atoms with van der Waals surface area (Å²) in [6.07, 6.45) is 0. The maximum atomic E-state index is 9.83. The van der Waals surface area contributed by atoms with E-state index in [4.69, 9.17) is 0 Å². The molecule has 30 heavy (non-hydrogen) atoms. The smallest absolute Gasteiger partial charge is 0.488 e. The first kappa shape index (κ1) is 24.2. The molecule has 3 aromatic carbocycles. The van der Waals surface area contributed by atoms with Gasteiger partial charge >= 0.3 is 14.2 Å². The Morgan fingerprint density at radius 1 is 0.633 bits per heavy atom. The average molecular weight is 426 g/mol. The molecule has 0 aromatic heterocycles. The van der Waals surface area contributed by atoms with Crippen LogP contribution in [0.5, 0.6) is 0 Å². The molecule has 0 unspecified atom stereocenters. The molecule has 8 heteroatoms. The Balaban J connectivity index is 0.00000320. The molecule has 0 heterocycles. The van der Waals surface area contributed by atoms with Crippen molar-refractivity contribution in [2.75, 3.05) is 6.54 Å². The van der Waals surface area contributed by atoms with Crippen LogP contribution in [0.25, 0.3) is 0 Å². The molecule has 0 radical (unpaired) electrons. The molecule has 5 nitrogen and oxygen atoms in total. The van der Waals surface area contributed by atoms with Crippen molar-refractivity contribution >= 4 is 30.8 Å². The second-order valence-electron chi connectivity index (χ2n) is 7.26. The van der Waals surface area contributed by atoms with E-state index in [1.807, 2.05) is 42.5 Å². The minimum Gasteiger partial charge on any atom is -1.00 e. The van der Waals surface area contributed by atoms with E-state index >= 15 is 0 Å². The van der Waals surface area contributed by atoms with Crippen molar-refractivity contribution in [3.8, 4) is 0 Å².